The zero-order valence-electron chi connectivity index (χ0n) is 18.2. The molecule has 1 fully saturated rings. The van der Waals surface area contributed by atoms with E-state index in [-0.39, 0.29) is 18.4 Å². The van der Waals surface area contributed by atoms with Crippen molar-refractivity contribution >= 4 is 29.1 Å². The van der Waals surface area contributed by atoms with Crippen LogP contribution in [-0.2, 0) is 4.79 Å². The molecule has 2 amide bonds. The number of carbonyl (C=O) groups excluding carboxylic acids is 2. The summed E-state index contributed by atoms with van der Waals surface area (Å²) in [5.74, 6) is -0.348. The van der Waals surface area contributed by atoms with E-state index in [9.17, 15) is 9.59 Å². The summed E-state index contributed by atoms with van der Waals surface area (Å²) in [7, 11) is 0. The Bertz CT molecular complexity index is 1100. The summed E-state index contributed by atoms with van der Waals surface area (Å²) in [6, 6.07) is 17.2. The number of benzene rings is 2. The second kappa shape index (κ2) is 9.44. The van der Waals surface area contributed by atoms with Crippen LogP contribution in [-0.4, -0.2) is 59.2 Å². The van der Waals surface area contributed by atoms with E-state index in [0.717, 1.165) is 30.2 Å². The van der Waals surface area contributed by atoms with E-state index in [4.69, 9.17) is 11.6 Å². The molecule has 2 heterocycles. The molecule has 1 aromatic heterocycles. The maximum absolute atomic E-state index is 12.6. The van der Waals surface area contributed by atoms with E-state index in [1.54, 1.807) is 21.7 Å². The molecule has 1 aliphatic rings. The van der Waals surface area contributed by atoms with Crippen molar-refractivity contribution in [2.24, 2.45) is 0 Å². The third kappa shape index (κ3) is 4.62. The first kappa shape index (κ1) is 21.9. The van der Waals surface area contributed by atoms with Gasteiger partial charge in [0.25, 0.3) is 5.91 Å². The maximum atomic E-state index is 12.6. The molecule has 0 radical (unpaired) electrons. The third-order valence-electron chi connectivity index (χ3n) is 5.73. The molecule has 1 N–H and O–H groups in total. The standard InChI is InChI=1S/C24H26ClN5O2/c1-17-23(25)18(2)30(27-17)21-10-8-19(9-11-21)24(32)26-16-22(31)29-14-12-28(13-15-29)20-6-4-3-5-7-20/h3-11H,12-16H2,1-2H3,(H,26,32). The molecule has 0 spiro atoms. The average Bonchev–Trinajstić information content (AvgIpc) is 3.10. The fraction of sp³-hybridized carbons (Fsp3) is 0.292. The highest BCUT2D eigenvalue weighted by Crippen LogP contribution is 2.22. The lowest BCUT2D eigenvalue weighted by atomic mass is 10.2. The smallest absolute Gasteiger partial charge is 0.251 e. The quantitative estimate of drug-likeness (QED) is 0.646. The van der Waals surface area contributed by atoms with Crippen LogP contribution in [0.5, 0.6) is 0 Å². The van der Waals surface area contributed by atoms with Crippen LogP contribution in [0.1, 0.15) is 21.7 Å². The Morgan fingerprint density at radius 1 is 0.938 bits per heavy atom. The van der Waals surface area contributed by atoms with Crippen molar-refractivity contribution in [1.82, 2.24) is 20.0 Å². The summed E-state index contributed by atoms with van der Waals surface area (Å²) in [4.78, 5) is 29.1. The molecule has 3 aromatic rings. The highest BCUT2D eigenvalue weighted by Gasteiger charge is 2.21. The van der Waals surface area contributed by atoms with E-state index in [1.807, 2.05) is 44.2 Å². The van der Waals surface area contributed by atoms with Gasteiger partial charge in [-0.3, -0.25) is 9.59 Å². The molecule has 7 nitrogen and oxygen atoms in total. The summed E-state index contributed by atoms with van der Waals surface area (Å²) in [5.41, 5.74) is 4.08. The zero-order valence-corrected chi connectivity index (χ0v) is 19.0. The molecular weight excluding hydrogens is 426 g/mol. The lowest BCUT2D eigenvalue weighted by Crippen LogP contribution is -2.51. The third-order valence-corrected chi connectivity index (χ3v) is 6.28. The molecule has 4 rings (SSSR count). The van der Waals surface area contributed by atoms with Gasteiger partial charge < -0.3 is 15.1 Å². The minimum Gasteiger partial charge on any atom is -0.368 e. The summed E-state index contributed by atoms with van der Waals surface area (Å²) < 4.78 is 1.75. The number of halogens is 1. The number of aromatic nitrogens is 2. The molecule has 0 aliphatic carbocycles. The number of nitrogens with one attached hydrogen (secondary N) is 1. The molecule has 32 heavy (non-hydrogen) atoms. The number of amides is 2. The molecular formula is C24H26ClN5O2. The minimum atomic E-state index is -0.278. The van der Waals surface area contributed by atoms with Gasteiger partial charge in [0.1, 0.15) is 0 Å². The molecule has 1 saturated heterocycles. The van der Waals surface area contributed by atoms with Gasteiger partial charge >= 0.3 is 0 Å². The Morgan fingerprint density at radius 2 is 1.59 bits per heavy atom. The van der Waals surface area contributed by atoms with Gasteiger partial charge in [-0.1, -0.05) is 29.8 Å². The molecule has 0 atom stereocenters. The van der Waals surface area contributed by atoms with Gasteiger partial charge in [-0.25, -0.2) is 4.68 Å². The maximum Gasteiger partial charge on any atom is 0.251 e. The van der Waals surface area contributed by atoms with Crippen molar-refractivity contribution < 1.29 is 9.59 Å². The monoisotopic (exact) mass is 451 g/mol. The molecule has 2 aromatic carbocycles. The summed E-state index contributed by atoms with van der Waals surface area (Å²) in [6.07, 6.45) is 0. The van der Waals surface area contributed by atoms with Crippen molar-refractivity contribution in [3.63, 3.8) is 0 Å². The van der Waals surface area contributed by atoms with Crippen LogP contribution in [0.4, 0.5) is 5.69 Å². The number of piperazine rings is 1. The highest BCUT2D eigenvalue weighted by molar-refractivity contribution is 6.31. The Morgan fingerprint density at radius 3 is 2.19 bits per heavy atom. The zero-order chi connectivity index (χ0) is 22.7. The number of carbonyl (C=O) groups is 2. The van der Waals surface area contributed by atoms with Gasteiger partial charge in [-0.15, -0.1) is 0 Å². The molecule has 0 saturated carbocycles. The molecule has 0 unspecified atom stereocenters. The second-order valence-electron chi connectivity index (χ2n) is 7.83. The number of hydrogen-bond acceptors (Lipinski definition) is 4. The largest absolute Gasteiger partial charge is 0.368 e. The van der Waals surface area contributed by atoms with Crippen molar-refractivity contribution in [3.05, 3.63) is 76.6 Å². The van der Waals surface area contributed by atoms with Crippen molar-refractivity contribution in [2.45, 2.75) is 13.8 Å². The van der Waals surface area contributed by atoms with Crippen LogP contribution < -0.4 is 10.2 Å². The van der Waals surface area contributed by atoms with Crippen LogP contribution in [0.3, 0.4) is 0 Å². The predicted molar refractivity (Wildman–Crippen MR) is 126 cm³/mol. The number of hydrogen-bond donors (Lipinski definition) is 1. The fourth-order valence-electron chi connectivity index (χ4n) is 3.85. The van der Waals surface area contributed by atoms with Crippen LogP contribution in [0, 0.1) is 13.8 Å². The SMILES string of the molecule is Cc1nn(-c2ccc(C(=O)NCC(=O)N3CCN(c4ccccc4)CC3)cc2)c(C)c1Cl. The van der Waals surface area contributed by atoms with Crippen molar-refractivity contribution in [1.29, 1.82) is 0 Å². The normalized spacial score (nSPS) is 13.8. The van der Waals surface area contributed by atoms with E-state index in [2.05, 4.69) is 27.4 Å². The van der Waals surface area contributed by atoms with E-state index < -0.39 is 0 Å². The summed E-state index contributed by atoms with van der Waals surface area (Å²) in [5, 5.41) is 7.79. The van der Waals surface area contributed by atoms with E-state index in [0.29, 0.717) is 23.7 Å². The van der Waals surface area contributed by atoms with E-state index >= 15 is 0 Å². The first-order valence-corrected chi connectivity index (χ1v) is 11.0. The van der Waals surface area contributed by atoms with Crippen molar-refractivity contribution in [3.8, 4) is 5.69 Å². The molecule has 0 bridgehead atoms. The lowest BCUT2D eigenvalue weighted by Gasteiger charge is -2.36. The Balaban J connectivity index is 1.29. The average molecular weight is 452 g/mol. The molecule has 8 heteroatoms. The van der Waals surface area contributed by atoms with Crippen LogP contribution in [0.25, 0.3) is 5.69 Å². The summed E-state index contributed by atoms with van der Waals surface area (Å²) >= 11 is 6.22. The molecule has 166 valence electrons. The van der Waals surface area contributed by atoms with Gasteiger partial charge in [0.2, 0.25) is 5.91 Å². The number of para-hydroxylation sites is 1. The Labute approximate surface area is 192 Å². The van der Waals surface area contributed by atoms with Gasteiger partial charge in [-0.2, -0.15) is 5.10 Å². The first-order valence-electron chi connectivity index (χ1n) is 10.6. The second-order valence-corrected chi connectivity index (χ2v) is 8.21. The van der Waals surface area contributed by atoms with E-state index in [1.165, 1.54) is 5.69 Å². The number of aryl methyl sites for hydroxylation is 1. The van der Waals surface area contributed by atoms with Crippen LogP contribution in [0.15, 0.2) is 54.6 Å². The van der Waals surface area contributed by atoms with Gasteiger partial charge in [0.15, 0.2) is 0 Å². The van der Waals surface area contributed by atoms with Crippen molar-refractivity contribution in [2.75, 3.05) is 37.6 Å². The number of nitrogens with zero attached hydrogens (tertiary/aromatic N) is 4. The minimum absolute atomic E-state index is 0.0149. The topological polar surface area (TPSA) is 70.5 Å². The number of anilines is 1. The van der Waals surface area contributed by atoms with Gasteiger partial charge in [0.05, 0.1) is 28.6 Å². The first-order chi connectivity index (χ1) is 15.4. The number of rotatable bonds is 5. The predicted octanol–water partition coefficient (Wildman–Crippen LogP) is 3.22. The molecule has 1 aliphatic heterocycles. The fourth-order valence-corrected chi connectivity index (χ4v) is 3.97. The summed E-state index contributed by atoms with van der Waals surface area (Å²) in [6.45, 7) is 6.58. The van der Waals surface area contributed by atoms with Gasteiger partial charge in [-0.05, 0) is 50.2 Å². The van der Waals surface area contributed by atoms with Crippen LogP contribution >= 0.6 is 11.6 Å². The lowest BCUT2D eigenvalue weighted by molar-refractivity contribution is -0.130. The highest BCUT2D eigenvalue weighted by atomic mass is 35.5. The Hall–Kier alpha value is -3.32. The van der Waals surface area contributed by atoms with Gasteiger partial charge in [0, 0.05) is 37.4 Å². The van der Waals surface area contributed by atoms with Crippen LogP contribution in [0.2, 0.25) is 5.02 Å². The Kier molecular flexibility index (Phi) is 6.46.